The SMILES string of the molecule is Cc1ccccc1C(=O)Nc1ccc(C(=O)N2CCCC(N(C)C(=O)c3ccccc3)c3ccccc32)cc1. The molecule has 1 heterocycles. The number of nitrogens with one attached hydrogen (secondary N) is 1. The maximum atomic E-state index is 13.7. The van der Waals surface area contributed by atoms with E-state index in [1.807, 2.05) is 86.8 Å². The Morgan fingerprint density at radius 3 is 2.21 bits per heavy atom. The fraction of sp³-hybridized carbons (Fsp3) is 0.182. The van der Waals surface area contributed by atoms with Crippen LogP contribution in [0.1, 0.15) is 61.1 Å². The molecule has 1 N–H and O–H groups in total. The van der Waals surface area contributed by atoms with Crippen LogP contribution >= 0.6 is 0 Å². The minimum absolute atomic E-state index is 0.0430. The molecule has 4 aromatic rings. The molecule has 0 aromatic heterocycles. The molecule has 6 nitrogen and oxygen atoms in total. The van der Waals surface area contributed by atoms with Gasteiger partial charge in [-0.05, 0) is 79.4 Å². The molecule has 1 aliphatic heterocycles. The van der Waals surface area contributed by atoms with E-state index in [-0.39, 0.29) is 23.8 Å². The van der Waals surface area contributed by atoms with Gasteiger partial charge in [0.1, 0.15) is 0 Å². The van der Waals surface area contributed by atoms with Gasteiger partial charge in [0.2, 0.25) is 0 Å². The van der Waals surface area contributed by atoms with Gasteiger partial charge in [-0.15, -0.1) is 0 Å². The molecule has 39 heavy (non-hydrogen) atoms. The highest BCUT2D eigenvalue weighted by molar-refractivity contribution is 6.08. The molecule has 1 unspecified atom stereocenters. The Morgan fingerprint density at radius 2 is 1.46 bits per heavy atom. The number of para-hydroxylation sites is 1. The van der Waals surface area contributed by atoms with Crippen molar-refractivity contribution in [2.24, 2.45) is 0 Å². The number of aryl methyl sites for hydroxylation is 1. The van der Waals surface area contributed by atoms with Gasteiger partial charge in [0.25, 0.3) is 17.7 Å². The van der Waals surface area contributed by atoms with Crippen molar-refractivity contribution in [3.8, 4) is 0 Å². The van der Waals surface area contributed by atoms with Crippen LogP contribution in [0.2, 0.25) is 0 Å². The number of hydrogen-bond acceptors (Lipinski definition) is 3. The number of fused-ring (bicyclic) bond motifs is 1. The summed E-state index contributed by atoms with van der Waals surface area (Å²) in [6, 6.07) is 31.4. The van der Waals surface area contributed by atoms with E-state index >= 15 is 0 Å². The minimum atomic E-state index is -0.186. The van der Waals surface area contributed by atoms with Crippen LogP contribution in [0.25, 0.3) is 0 Å². The topological polar surface area (TPSA) is 69.7 Å². The normalized spacial score (nSPS) is 14.6. The first kappa shape index (κ1) is 25.9. The predicted molar refractivity (Wildman–Crippen MR) is 154 cm³/mol. The summed E-state index contributed by atoms with van der Waals surface area (Å²) in [5.74, 6) is -0.343. The second kappa shape index (κ2) is 11.4. The summed E-state index contributed by atoms with van der Waals surface area (Å²) >= 11 is 0. The van der Waals surface area contributed by atoms with Crippen LogP contribution in [0, 0.1) is 6.92 Å². The van der Waals surface area contributed by atoms with Crippen molar-refractivity contribution in [3.63, 3.8) is 0 Å². The maximum absolute atomic E-state index is 13.7. The number of benzene rings is 4. The van der Waals surface area contributed by atoms with E-state index < -0.39 is 0 Å². The quantitative estimate of drug-likeness (QED) is 0.328. The molecule has 0 fully saturated rings. The first-order valence-electron chi connectivity index (χ1n) is 13.1. The third kappa shape index (κ3) is 5.46. The Morgan fingerprint density at radius 1 is 0.795 bits per heavy atom. The van der Waals surface area contributed by atoms with Crippen LogP contribution in [0.5, 0.6) is 0 Å². The van der Waals surface area contributed by atoms with Crippen LogP contribution in [-0.2, 0) is 0 Å². The highest BCUT2D eigenvalue weighted by Gasteiger charge is 2.31. The lowest BCUT2D eigenvalue weighted by atomic mass is 9.99. The van der Waals surface area contributed by atoms with Crippen molar-refractivity contribution >= 4 is 29.1 Å². The van der Waals surface area contributed by atoms with Crippen LogP contribution in [0.15, 0.2) is 103 Å². The summed E-state index contributed by atoms with van der Waals surface area (Å²) in [7, 11) is 1.83. The highest BCUT2D eigenvalue weighted by Crippen LogP contribution is 2.37. The zero-order valence-electron chi connectivity index (χ0n) is 22.1. The largest absolute Gasteiger partial charge is 0.335 e. The van der Waals surface area contributed by atoms with E-state index in [2.05, 4.69) is 5.32 Å². The lowest BCUT2D eigenvalue weighted by Gasteiger charge is -2.30. The zero-order chi connectivity index (χ0) is 27.4. The Kier molecular flexibility index (Phi) is 7.55. The third-order valence-corrected chi connectivity index (χ3v) is 7.28. The summed E-state index contributed by atoms with van der Waals surface area (Å²) in [6.45, 7) is 2.45. The average molecular weight is 518 g/mol. The van der Waals surface area contributed by atoms with Crippen LogP contribution in [0.3, 0.4) is 0 Å². The number of amides is 3. The van der Waals surface area contributed by atoms with Crippen molar-refractivity contribution in [2.45, 2.75) is 25.8 Å². The average Bonchev–Trinajstić information content (AvgIpc) is 3.17. The fourth-order valence-electron chi connectivity index (χ4n) is 5.15. The standard InChI is InChI=1S/C33H31N3O3/c1-23-11-6-7-14-27(23)31(37)34-26-20-18-25(19-21-26)33(39)36-22-10-17-29(28-15-8-9-16-30(28)36)35(2)32(38)24-12-4-3-5-13-24/h3-9,11-16,18-21,29H,10,17,22H2,1-2H3,(H,34,37). The molecule has 6 heteroatoms. The molecule has 0 saturated carbocycles. The number of carbonyl (C=O) groups is 3. The monoisotopic (exact) mass is 517 g/mol. The number of carbonyl (C=O) groups excluding carboxylic acids is 3. The van der Waals surface area contributed by atoms with Gasteiger partial charge < -0.3 is 15.1 Å². The molecule has 196 valence electrons. The second-order valence-electron chi connectivity index (χ2n) is 9.80. The van der Waals surface area contributed by atoms with E-state index in [1.54, 1.807) is 40.1 Å². The molecule has 5 rings (SSSR count). The van der Waals surface area contributed by atoms with Gasteiger partial charge in [0.15, 0.2) is 0 Å². The van der Waals surface area contributed by atoms with Gasteiger partial charge in [-0.25, -0.2) is 0 Å². The van der Waals surface area contributed by atoms with Crippen molar-refractivity contribution in [3.05, 3.63) is 131 Å². The molecule has 0 spiro atoms. The van der Waals surface area contributed by atoms with E-state index in [0.717, 1.165) is 29.7 Å². The van der Waals surface area contributed by atoms with E-state index in [4.69, 9.17) is 0 Å². The van der Waals surface area contributed by atoms with E-state index in [9.17, 15) is 14.4 Å². The number of nitrogens with zero attached hydrogens (tertiary/aromatic N) is 2. The lowest BCUT2D eigenvalue weighted by Crippen LogP contribution is -2.32. The van der Waals surface area contributed by atoms with Gasteiger partial charge in [0, 0.05) is 41.7 Å². The number of hydrogen-bond donors (Lipinski definition) is 1. The number of rotatable bonds is 5. The van der Waals surface area contributed by atoms with E-state index in [1.165, 1.54) is 0 Å². The maximum Gasteiger partial charge on any atom is 0.258 e. The first-order chi connectivity index (χ1) is 18.9. The summed E-state index contributed by atoms with van der Waals surface area (Å²) in [6.07, 6.45) is 1.50. The van der Waals surface area contributed by atoms with Gasteiger partial charge in [-0.1, -0.05) is 54.6 Å². The molecule has 1 atom stereocenters. The predicted octanol–water partition coefficient (Wildman–Crippen LogP) is 6.50. The molecule has 0 radical (unpaired) electrons. The van der Waals surface area contributed by atoms with Gasteiger partial charge in [-0.3, -0.25) is 14.4 Å². The zero-order valence-corrected chi connectivity index (χ0v) is 22.1. The fourth-order valence-corrected chi connectivity index (χ4v) is 5.15. The number of anilines is 2. The molecule has 0 aliphatic carbocycles. The Hall–Kier alpha value is -4.71. The Balaban J connectivity index is 1.36. The molecule has 4 aromatic carbocycles. The van der Waals surface area contributed by atoms with Gasteiger partial charge in [-0.2, -0.15) is 0 Å². The minimum Gasteiger partial charge on any atom is -0.335 e. The van der Waals surface area contributed by atoms with Crippen LogP contribution in [-0.4, -0.2) is 36.2 Å². The summed E-state index contributed by atoms with van der Waals surface area (Å²) in [4.78, 5) is 43.2. The summed E-state index contributed by atoms with van der Waals surface area (Å²) in [5, 5.41) is 2.91. The molecule has 1 aliphatic rings. The van der Waals surface area contributed by atoms with Crippen molar-refractivity contribution in [2.75, 3.05) is 23.8 Å². The molecular formula is C33H31N3O3. The third-order valence-electron chi connectivity index (χ3n) is 7.28. The highest BCUT2D eigenvalue weighted by atomic mass is 16.2. The molecule has 0 saturated heterocycles. The van der Waals surface area contributed by atoms with Gasteiger partial charge >= 0.3 is 0 Å². The summed E-state index contributed by atoms with van der Waals surface area (Å²) in [5.41, 5.74) is 5.08. The Bertz CT molecular complexity index is 1500. The Labute approximate surface area is 228 Å². The molecular weight excluding hydrogens is 486 g/mol. The second-order valence-corrected chi connectivity index (χ2v) is 9.80. The van der Waals surface area contributed by atoms with Crippen LogP contribution in [0.4, 0.5) is 11.4 Å². The van der Waals surface area contributed by atoms with Crippen molar-refractivity contribution < 1.29 is 14.4 Å². The van der Waals surface area contributed by atoms with Crippen molar-refractivity contribution in [1.29, 1.82) is 0 Å². The molecule has 3 amide bonds. The van der Waals surface area contributed by atoms with Crippen LogP contribution < -0.4 is 10.2 Å². The van der Waals surface area contributed by atoms with Gasteiger partial charge in [0.05, 0.1) is 6.04 Å². The molecule has 0 bridgehead atoms. The van der Waals surface area contributed by atoms with E-state index in [0.29, 0.717) is 28.9 Å². The van der Waals surface area contributed by atoms with Crippen molar-refractivity contribution in [1.82, 2.24) is 4.90 Å². The summed E-state index contributed by atoms with van der Waals surface area (Å²) < 4.78 is 0. The lowest BCUT2D eigenvalue weighted by molar-refractivity contribution is 0.0722. The first-order valence-corrected chi connectivity index (χ1v) is 13.1. The smallest absolute Gasteiger partial charge is 0.258 e.